The third kappa shape index (κ3) is 3.54. The highest BCUT2D eigenvalue weighted by atomic mass is 32.1. The van der Waals surface area contributed by atoms with E-state index < -0.39 is 0 Å². The summed E-state index contributed by atoms with van der Waals surface area (Å²) in [4.78, 5) is 17.1. The molecule has 2 rings (SSSR count). The molecule has 1 heterocycles. The van der Waals surface area contributed by atoms with Crippen molar-refractivity contribution < 1.29 is 9.53 Å². The molecule has 4 nitrogen and oxygen atoms in total. The zero-order chi connectivity index (χ0) is 13.7. The minimum absolute atomic E-state index is 0.300. The lowest BCUT2D eigenvalue weighted by atomic mass is 10.2. The number of nitrogens with one attached hydrogen (secondary N) is 1. The fraction of sp³-hybridized carbons (Fsp3) is 0.286. The lowest BCUT2D eigenvalue weighted by Crippen LogP contribution is -2.09. The Balaban J connectivity index is 2.09. The Hall–Kier alpha value is -1.88. The second kappa shape index (κ2) is 6.33. The zero-order valence-corrected chi connectivity index (χ0v) is 11.8. The Bertz CT molecular complexity index is 566. The van der Waals surface area contributed by atoms with Crippen molar-refractivity contribution in [1.29, 1.82) is 0 Å². The number of rotatable bonds is 5. The average molecular weight is 276 g/mol. The van der Waals surface area contributed by atoms with Crippen LogP contribution in [-0.2, 0) is 11.3 Å². The predicted octanol–water partition coefficient (Wildman–Crippen LogP) is 3.24. The molecule has 0 bridgehead atoms. The average Bonchev–Trinajstić information content (AvgIpc) is 2.83. The van der Waals surface area contributed by atoms with Gasteiger partial charge in [-0.2, -0.15) is 0 Å². The van der Waals surface area contributed by atoms with Gasteiger partial charge in [-0.15, -0.1) is 11.3 Å². The molecule has 0 aliphatic carbocycles. The molecule has 2 aromatic rings. The maximum absolute atomic E-state index is 11.8. The fourth-order valence-corrected chi connectivity index (χ4v) is 2.43. The normalized spacial score (nSPS) is 10.2. The maximum Gasteiger partial charge on any atom is 0.340 e. The first-order valence-corrected chi connectivity index (χ1v) is 6.93. The van der Waals surface area contributed by atoms with Gasteiger partial charge < -0.3 is 10.1 Å². The lowest BCUT2D eigenvalue weighted by molar-refractivity contribution is 0.0527. The Morgan fingerprint density at radius 2 is 2.21 bits per heavy atom. The summed E-state index contributed by atoms with van der Waals surface area (Å²) in [5.74, 6) is -0.300. The monoisotopic (exact) mass is 276 g/mol. The summed E-state index contributed by atoms with van der Waals surface area (Å²) in [6.07, 6.45) is 1.85. The number of benzene rings is 1. The first-order valence-electron chi connectivity index (χ1n) is 6.12. The summed E-state index contributed by atoms with van der Waals surface area (Å²) in [6, 6.07) is 7.36. The molecular formula is C14H16N2O2S. The maximum atomic E-state index is 11.8. The molecule has 0 amide bonds. The van der Waals surface area contributed by atoms with Gasteiger partial charge in [-0.3, -0.25) is 0 Å². The second-order valence-corrected chi connectivity index (χ2v) is 5.28. The number of anilines is 1. The van der Waals surface area contributed by atoms with Crippen LogP contribution in [0.2, 0.25) is 0 Å². The molecule has 0 saturated heterocycles. The van der Waals surface area contributed by atoms with Gasteiger partial charge in [0.2, 0.25) is 0 Å². The molecule has 0 unspecified atom stereocenters. The summed E-state index contributed by atoms with van der Waals surface area (Å²) >= 11 is 1.64. The van der Waals surface area contributed by atoms with Gasteiger partial charge in [0.15, 0.2) is 0 Å². The van der Waals surface area contributed by atoms with Crippen LogP contribution in [-0.4, -0.2) is 17.6 Å². The molecule has 0 aliphatic heterocycles. The van der Waals surface area contributed by atoms with Gasteiger partial charge in [-0.05, 0) is 26.0 Å². The van der Waals surface area contributed by atoms with Gasteiger partial charge in [0.1, 0.15) is 0 Å². The van der Waals surface area contributed by atoms with E-state index in [4.69, 9.17) is 4.74 Å². The van der Waals surface area contributed by atoms with Crippen molar-refractivity contribution in [2.24, 2.45) is 0 Å². The highest BCUT2D eigenvalue weighted by Gasteiger charge is 2.11. The van der Waals surface area contributed by atoms with Gasteiger partial charge in [0.25, 0.3) is 0 Å². The minimum Gasteiger partial charge on any atom is -0.462 e. The van der Waals surface area contributed by atoms with E-state index in [1.54, 1.807) is 24.3 Å². The quantitative estimate of drug-likeness (QED) is 0.852. The van der Waals surface area contributed by atoms with Crippen LogP contribution < -0.4 is 5.32 Å². The van der Waals surface area contributed by atoms with Crippen LogP contribution in [0.1, 0.15) is 27.2 Å². The van der Waals surface area contributed by atoms with E-state index in [0.717, 1.165) is 15.6 Å². The number of hydrogen-bond donors (Lipinski definition) is 1. The van der Waals surface area contributed by atoms with E-state index in [1.165, 1.54) is 0 Å². The Morgan fingerprint density at radius 3 is 2.89 bits per heavy atom. The van der Waals surface area contributed by atoms with Crippen molar-refractivity contribution >= 4 is 23.0 Å². The second-order valence-electron chi connectivity index (χ2n) is 3.97. The van der Waals surface area contributed by atoms with Crippen molar-refractivity contribution in [3.05, 3.63) is 45.9 Å². The van der Waals surface area contributed by atoms with Crippen LogP contribution in [0.15, 0.2) is 30.5 Å². The molecule has 5 heteroatoms. The molecule has 0 aliphatic rings. The largest absolute Gasteiger partial charge is 0.462 e. The van der Waals surface area contributed by atoms with E-state index in [1.807, 2.05) is 31.3 Å². The number of para-hydroxylation sites is 1. The third-order valence-electron chi connectivity index (χ3n) is 2.54. The number of aromatic nitrogens is 1. The minimum atomic E-state index is -0.300. The standard InChI is InChI=1S/C14H16N2O2S/c1-3-18-14(17)12-6-4-5-7-13(12)16-9-11-8-15-10(2)19-11/h4-8,16H,3,9H2,1-2H3. The summed E-state index contributed by atoms with van der Waals surface area (Å²) in [7, 11) is 0. The Morgan fingerprint density at radius 1 is 1.42 bits per heavy atom. The molecular weight excluding hydrogens is 260 g/mol. The van der Waals surface area contributed by atoms with Crippen LogP contribution >= 0.6 is 11.3 Å². The smallest absolute Gasteiger partial charge is 0.340 e. The van der Waals surface area contributed by atoms with Gasteiger partial charge in [0, 0.05) is 16.8 Å². The van der Waals surface area contributed by atoms with Crippen LogP contribution in [0.5, 0.6) is 0 Å². The summed E-state index contributed by atoms with van der Waals surface area (Å²) in [5.41, 5.74) is 1.34. The zero-order valence-electron chi connectivity index (χ0n) is 11.0. The van der Waals surface area contributed by atoms with Crippen molar-refractivity contribution in [2.45, 2.75) is 20.4 Å². The molecule has 0 saturated carbocycles. The third-order valence-corrected chi connectivity index (χ3v) is 3.46. The van der Waals surface area contributed by atoms with Crippen molar-refractivity contribution in [3.8, 4) is 0 Å². The highest BCUT2D eigenvalue weighted by molar-refractivity contribution is 7.11. The van der Waals surface area contributed by atoms with Crippen molar-refractivity contribution in [1.82, 2.24) is 4.98 Å². The summed E-state index contributed by atoms with van der Waals surface area (Å²) in [5, 5.41) is 4.29. The first-order chi connectivity index (χ1) is 9.20. The number of carbonyl (C=O) groups excluding carboxylic acids is 1. The van der Waals surface area contributed by atoms with E-state index in [0.29, 0.717) is 18.7 Å². The number of aryl methyl sites for hydroxylation is 1. The molecule has 0 atom stereocenters. The predicted molar refractivity (Wildman–Crippen MR) is 76.6 cm³/mol. The number of carbonyl (C=O) groups is 1. The number of esters is 1. The molecule has 100 valence electrons. The summed E-state index contributed by atoms with van der Waals surface area (Å²) < 4.78 is 5.04. The number of hydrogen-bond acceptors (Lipinski definition) is 5. The molecule has 0 spiro atoms. The molecule has 19 heavy (non-hydrogen) atoms. The van der Waals surface area contributed by atoms with Crippen molar-refractivity contribution in [2.75, 3.05) is 11.9 Å². The molecule has 1 aromatic heterocycles. The SMILES string of the molecule is CCOC(=O)c1ccccc1NCc1cnc(C)s1. The van der Waals surface area contributed by atoms with E-state index in [2.05, 4.69) is 10.3 Å². The molecule has 0 fully saturated rings. The van der Waals surface area contributed by atoms with E-state index in [9.17, 15) is 4.79 Å². The molecule has 1 N–H and O–H groups in total. The van der Waals surface area contributed by atoms with Crippen LogP contribution in [0.3, 0.4) is 0 Å². The Kier molecular flexibility index (Phi) is 4.52. The lowest BCUT2D eigenvalue weighted by Gasteiger charge is -2.10. The van der Waals surface area contributed by atoms with Gasteiger partial charge in [-0.1, -0.05) is 12.1 Å². The molecule has 1 aromatic carbocycles. The number of ether oxygens (including phenoxy) is 1. The number of thiazole rings is 1. The van der Waals surface area contributed by atoms with Gasteiger partial charge in [0.05, 0.1) is 23.7 Å². The van der Waals surface area contributed by atoms with Crippen LogP contribution in [0.25, 0.3) is 0 Å². The van der Waals surface area contributed by atoms with Crippen molar-refractivity contribution in [3.63, 3.8) is 0 Å². The first kappa shape index (κ1) is 13.5. The summed E-state index contributed by atoms with van der Waals surface area (Å²) in [6.45, 7) is 4.80. The van der Waals surface area contributed by atoms with Gasteiger partial charge >= 0.3 is 5.97 Å². The number of nitrogens with zero attached hydrogens (tertiary/aromatic N) is 1. The van der Waals surface area contributed by atoms with Crippen LogP contribution in [0, 0.1) is 6.92 Å². The molecule has 0 radical (unpaired) electrons. The topological polar surface area (TPSA) is 51.2 Å². The van der Waals surface area contributed by atoms with Gasteiger partial charge in [-0.25, -0.2) is 9.78 Å². The van der Waals surface area contributed by atoms with E-state index in [-0.39, 0.29) is 5.97 Å². The highest BCUT2D eigenvalue weighted by Crippen LogP contribution is 2.19. The fourth-order valence-electron chi connectivity index (χ4n) is 1.69. The Labute approximate surface area is 116 Å². The van der Waals surface area contributed by atoms with E-state index >= 15 is 0 Å². The van der Waals surface area contributed by atoms with Crippen LogP contribution in [0.4, 0.5) is 5.69 Å².